The van der Waals surface area contributed by atoms with Crippen LogP contribution in [-0.2, 0) is 57.0 Å². The highest BCUT2D eigenvalue weighted by Gasteiger charge is 2.34. The average molecular weight is 1100 g/mol. The van der Waals surface area contributed by atoms with Gasteiger partial charge < -0.3 is 56.8 Å². The lowest BCUT2D eigenvalue weighted by Crippen LogP contribution is -2.15. The van der Waals surface area contributed by atoms with Gasteiger partial charge in [-0.2, -0.15) is 13.9 Å². The lowest BCUT2D eigenvalue weighted by Gasteiger charge is -2.23. The number of phosphoric acid groups is 1. The van der Waals surface area contributed by atoms with Crippen molar-refractivity contribution in [2.75, 3.05) is 102 Å². The molecule has 0 fully saturated rings. The van der Waals surface area contributed by atoms with Crippen molar-refractivity contribution in [3.8, 4) is 69.0 Å². The zero-order valence-electron chi connectivity index (χ0n) is 44.8. The molecule has 0 heterocycles. The first-order valence-corrected chi connectivity index (χ1v) is 25.0. The number of hydrogen-bond acceptors (Lipinski definition) is 19. The third-order valence-corrected chi connectivity index (χ3v) is 13.1. The van der Waals surface area contributed by atoms with Crippen molar-refractivity contribution in [1.29, 1.82) is 0 Å². The summed E-state index contributed by atoms with van der Waals surface area (Å²) in [6.45, 7) is 0. The fraction of sp³-hybridized carbons (Fsp3) is 0.333. The summed E-state index contributed by atoms with van der Waals surface area (Å²) in [6.07, 6.45) is 1.95. The minimum Gasteiger partial charge on any atom is -0.494 e. The molecule has 0 aliphatic carbocycles. The molecule has 0 atom stereocenters. The Balaban J connectivity index is 1.32. The van der Waals surface area contributed by atoms with Gasteiger partial charge in [0.1, 0.15) is 34.3 Å². The second kappa shape index (κ2) is 27.3. The van der Waals surface area contributed by atoms with E-state index in [9.17, 15) is 4.57 Å². The lowest BCUT2D eigenvalue weighted by atomic mass is 10.0. The van der Waals surface area contributed by atoms with Gasteiger partial charge in [-0.05, 0) is 127 Å². The number of aryl methyl sites for hydroxylation is 6. The molecule has 0 radical (unpaired) electrons. The van der Waals surface area contributed by atoms with Crippen LogP contribution in [0.15, 0.2) is 72.8 Å². The van der Waals surface area contributed by atoms with Crippen molar-refractivity contribution in [3.05, 3.63) is 124 Å². The quantitative estimate of drug-likeness (QED) is 0.0285. The van der Waals surface area contributed by atoms with Gasteiger partial charge in [0.25, 0.3) is 0 Å². The average Bonchev–Trinajstić information content (AvgIpc) is 3.45. The number of nitrogens with one attached hydrogen (secondary N) is 3. The zero-order valence-corrected chi connectivity index (χ0v) is 45.7. The van der Waals surface area contributed by atoms with Crippen molar-refractivity contribution in [3.63, 3.8) is 0 Å². The summed E-state index contributed by atoms with van der Waals surface area (Å²) in [6, 6.07) is 18.6. The van der Waals surface area contributed by atoms with E-state index in [1.165, 1.54) is 104 Å². The van der Waals surface area contributed by atoms with Crippen LogP contribution >= 0.6 is 7.82 Å². The Bertz CT molecular complexity index is 2650. The summed E-state index contributed by atoms with van der Waals surface area (Å²) in [5.41, 5.74) is 9.42. The second-order valence-corrected chi connectivity index (χ2v) is 17.9. The van der Waals surface area contributed by atoms with Gasteiger partial charge in [0.05, 0.1) is 85.3 Å². The van der Waals surface area contributed by atoms with E-state index in [-0.39, 0.29) is 36.5 Å². The van der Waals surface area contributed by atoms with E-state index in [0.717, 1.165) is 34.9 Å². The van der Waals surface area contributed by atoms with E-state index < -0.39 is 42.3 Å². The second-order valence-electron chi connectivity index (χ2n) is 16.5. The van der Waals surface area contributed by atoms with E-state index in [0.29, 0.717) is 87.7 Å². The van der Waals surface area contributed by atoms with Gasteiger partial charge >= 0.3 is 7.82 Å². The minimum absolute atomic E-state index is 0.0510. The molecule has 23 heteroatoms. The molecule has 0 spiro atoms. The SMILES string of the molecule is COc1cc(CCc2ccc(F)c(NOP(=O)(ONc3c(F)ccc(CCc4cc(OC)c(OC)c(OC)c4)c3OC)ONc3c(F)ccc(CCc4cc(OC)c(OC)c(OC)c4)c3OC)c2OC)cc(OC)c1OC. The van der Waals surface area contributed by atoms with E-state index in [2.05, 4.69) is 16.4 Å². The van der Waals surface area contributed by atoms with Gasteiger partial charge in [-0.1, -0.05) is 18.2 Å². The predicted molar refractivity (Wildman–Crippen MR) is 281 cm³/mol. The van der Waals surface area contributed by atoms with Crippen molar-refractivity contribution in [2.45, 2.75) is 38.5 Å². The molecule has 6 aromatic rings. The highest BCUT2D eigenvalue weighted by molar-refractivity contribution is 7.48. The third-order valence-electron chi connectivity index (χ3n) is 12.2. The molecule has 0 aliphatic rings. The van der Waals surface area contributed by atoms with Crippen LogP contribution < -0.4 is 73.3 Å². The van der Waals surface area contributed by atoms with Crippen LogP contribution in [0.25, 0.3) is 0 Å². The van der Waals surface area contributed by atoms with Gasteiger partial charge in [-0.15, -0.1) is 0 Å². The van der Waals surface area contributed by atoms with Gasteiger partial charge in [0.15, 0.2) is 51.9 Å². The van der Waals surface area contributed by atoms with Crippen LogP contribution in [0.3, 0.4) is 0 Å². The molecule has 0 amide bonds. The topological polar surface area (TPSA) is 192 Å². The number of rotatable bonds is 30. The summed E-state index contributed by atoms with van der Waals surface area (Å²) in [5, 5.41) is 0. The maximum absolute atomic E-state index is 15.9. The molecular weight excluding hydrogens is 1030 g/mol. The Hall–Kier alpha value is -7.78. The summed E-state index contributed by atoms with van der Waals surface area (Å²) >= 11 is 0. The first kappa shape index (κ1) is 58.5. The van der Waals surface area contributed by atoms with E-state index >= 15 is 13.2 Å². The first-order valence-electron chi connectivity index (χ1n) is 23.6. The van der Waals surface area contributed by atoms with Crippen molar-refractivity contribution >= 4 is 24.9 Å². The molecule has 0 bridgehead atoms. The maximum atomic E-state index is 15.9. The Morgan fingerprint density at radius 3 is 0.740 bits per heavy atom. The number of ether oxygens (including phenoxy) is 12. The monoisotopic (exact) mass is 1100 g/mol. The summed E-state index contributed by atoms with van der Waals surface area (Å²) in [4.78, 5) is 0. The molecule has 3 N–H and O–H groups in total. The Labute approximate surface area is 445 Å². The van der Waals surface area contributed by atoms with Crippen LogP contribution in [0.4, 0.5) is 30.2 Å². The summed E-state index contributed by atoms with van der Waals surface area (Å²) in [7, 11) is 12.0. The molecule has 6 aromatic carbocycles. The number of benzene rings is 6. The van der Waals surface area contributed by atoms with Crippen LogP contribution in [0, 0.1) is 17.5 Å². The highest BCUT2D eigenvalue weighted by Crippen LogP contribution is 2.52. The molecule has 19 nitrogen and oxygen atoms in total. The van der Waals surface area contributed by atoms with Crippen LogP contribution in [0.1, 0.15) is 33.4 Å². The Morgan fingerprint density at radius 1 is 0.325 bits per heavy atom. The lowest BCUT2D eigenvalue weighted by molar-refractivity contribution is 0.171. The fourth-order valence-electron chi connectivity index (χ4n) is 8.42. The minimum atomic E-state index is -5.30. The number of anilines is 3. The molecule has 0 aliphatic heterocycles. The van der Waals surface area contributed by atoms with Gasteiger partial charge in [-0.3, -0.25) is 0 Å². The van der Waals surface area contributed by atoms with Gasteiger partial charge in [0.2, 0.25) is 17.2 Å². The molecule has 0 saturated carbocycles. The number of hydrogen-bond donors (Lipinski definition) is 3. The molecule has 0 aromatic heterocycles. The summed E-state index contributed by atoms with van der Waals surface area (Å²) < 4.78 is 146. The predicted octanol–water partition coefficient (Wildman–Crippen LogP) is 11.1. The van der Waals surface area contributed by atoms with E-state index in [1.54, 1.807) is 36.4 Å². The summed E-state index contributed by atoms with van der Waals surface area (Å²) in [5.74, 6) is 0.919. The Kier molecular flexibility index (Phi) is 20.8. The smallest absolute Gasteiger partial charge is 0.494 e. The van der Waals surface area contributed by atoms with E-state index in [1.807, 2.05) is 0 Å². The highest BCUT2D eigenvalue weighted by atomic mass is 31.2. The third kappa shape index (κ3) is 13.6. The fourth-order valence-corrected chi connectivity index (χ4v) is 9.14. The maximum Gasteiger partial charge on any atom is 0.539 e. The molecule has 0 saturated heterocycles. The van der Waals surface area contributed by atoms with Gasteiger partial charge in [0, 0.05) is 0 Å². The van der Waals surface area contributed by atoms with Crippen molar-refractivity contribution in [1.82, 2.24) is 0 Å². The van der Waals surface area contributed by atoms with Crippen molar-refractivity contribution < 1.29 is 88.5 Å². The molecular formula is C54H63F3N3O16P. The zero-order chi connectivity index (χ0) is 55.8. The largest absolute Gasteiger partial charge is 0.539 e. The molecule has 416 valence electrons. The number of methoxy groups -OCH3 is 12. The van der Waals surface area contributed by atoms with Gasteiger partial charge in [-0.25, -0.2) is 34.2 Å². The van der Waals surface area contributed by atoms with Crippen LogP contribution in [0.2, 0.25) is 0 Å². The molecule has 6 rings (SSSR count). The van der Waals surface area contributed by atoms with Crippen molar-refractivity contribution in [2.24, 2.45) is 0 Å². The van der Waals surface area contributed by atoms with E-state index in [4.69, 9.17) is 70.7 Å². The number of halogens is 3. The normalized spacial score (nSPS) is 11.1. The van der Waals surface area contributed by atoms with Crippen LogP contribution in [0.5, 0.6) is 69.0 Å². The van der Waals surface area contributed by atoms with Crippen LogP contribution in [-0.4, -0.2) is 85.3 Å². The Morgan fingerprint density at radius 2 is 0.545 bits per heavy atom. The first-order chi connectivity index (χ1) is 37.2. The molecule has 77 heavy (non-hydrogen) atoms. The standard InChI is InChI=1S/C54H63F3N3O16P/c1-62-40-25-31(26-41(63-2)52(40)71-10)13-16-34-19-22-37(55)46(49(34)68-7)58-74-77(61,75-59-47-38(56)23-20-35(50(47)69-8)17-14-32-27-42(64-3)53(72-11)43(28-32)65-4)76-60-48-39(57)24-21-36(51(48)70-9)18-15-33-29-44(66-5)54(73-12)45(30-33)67-6/h19-30,58-60H,13-18H2,1-12H3. The molecule has 0 unspecified atom stereocenters.